The zero-order chi connectivity index (χ0) is 28.7. The first-order chi connectivity index (χ1) is 17.5. The Morgan fingerprint density at radius 3 is 1.78 bits per heavy atom. The smallest absolute Gasteiger partial charge is 0.365 e. The second kappa shape index (κ2) is 11.6. The van der Waals surface area contributed by atoms with E-state index in [1.807, 2.05) is 19.1 Å². The number of carbonyl (C=O) groups excluding carboxylic acids is 1. The minimum absolute atomic E-state index is 0.178. The maximum absolute atomic E-state index is 12.7. The Labute approximate surface area is 198 Å². The fraction of sp³-hybridized carbons (Fsp3) is 0.240. The van der Waals surface area contributed by atoms with Crippen LogP contribution in [0, 0.1) is 12.8 Å². The quantitative estimate of drug-likeness (QED) is 0.446. The van der Waals surface area contributed by atoms with Crippen molar-refractivity contribution in [2.45, 2.75) is 37.7 Å². The molecule has 0 amide bonds. The molecule has 0 aliphatic heterocycles. The Hall–Kier alpha value is -3.00. The number of esters is 1. The van der Waals surface area contributed by atoms with Crippen molar-refractivity contribution in [2.24, 2.45) is 5.92 Å². The third-order valence-electron chi connectivity index (χ3n) is 4.45. The van der Waals surface area contributed by atoms with Crippen molar-refractivity contribution < 1.29 is 36.5 Å². The summed E-state index contributed by atoms with van der Waals surface area (Å²) in [4.78, 5) is 12.5. The molecule has 7 heteroatoms. The number of rotatable bonds is 6. The Balaban J connectivity index is 0.000000384. The van der Waals surface area contributed by atoms with Crippen LogP contribution in [0.15, 0.2) is 89.8 Å². The molecule has 1 atom stereocenters. The molecule has 170 valence electrons. The fourth-order valence-corrected chi connectivity index (χ4v) is 3.10. The van der Waals surface area contributed by atoms with Gasteiger partial charge in [0.1, 0.15) is 10.1 Å². The van der Waals surface area contributed by atoms with Gasteiger partial charge in [-0.3, -0.25) is 0 Å². The molecule has 6 nitrogen and oxygen atoms in total. The van der Waals surface area contributed by atoms with Crippen molar-refractivity contribution in [3.63, 3.8) is 0 Å². The topological polar surface area (TPSA) is 111 Å². The highest BCUT2D eigenvalue weighted by Gasteiger charge is 2.27. The van der Waals surface area contributed by atoms with Gasteiger partial charge in [-0.05, 0) is 30.2 Å². The summed E-state index contributed by atoms with van der Waals surface area (Å²) in [5.74, 6) is -2.88. The molecule has 1 unspecified atom stereocenters. The van der Waals surface area contributed by atoms with Crippen molar-refractivity contribution in [3.05, 3.63) is 102 Å². The lowest BCUT2D eigenvalue weighted by Gasteiger charge is -2.21. The van der Waals surface area contributed by atoms with Crippen molar-refractivity contribution in [3.8, 4) is 0 Å². The van der Waals surface area contributed by atoms with Gasteiger partial charge in [0.2, 0.25) is 0 Å². The molecule has 0 bridgehead atoms. The fourth-order valence-electron chi connectivity index (χ4n) is 2.63. The molecule has 0 fully saturated rings. The number of hydrogen-bond acceptors (Lipinski definition) is 5. The van der Waals surface area contributed by atoms with E-state index in [2.05, 4.69) is 5.73 Å². The van der Waals surface area contributed by atoms with Crippen molar-refractivity contribution in [2.75, 3.05) is 0 Å². The number of ether oxygens (including phenoxy) is 1. The lowest BCUT2D eigenvalue weighted by atomic mass is 10.0. The molecule has 0 aromatic heterocycles. The van der Waals surface area contributed by atoms with Gasteiger partial charge in [0.25, 0.3) is 0 Å². The molecule has 0 radical (unpaired) electrons. The Bertz CT molecular complexity index is 1230. The maximum atomic E-state index is 12.7. The summed E-state index contributed by atoms with van der Waals surface area (Å²) in [5, 5.41) is 0. The zero-order valence-electron chi connectivity index (χ0n) is 23.5. The van der Waals surface area contributed by atoms with Crippen LogP contribution in [-0.4, -0.2) is 25.0 Å². The van der Waals surface area contributed by atoms with E-state index < -0.39 is 47.9 Å². The van der Waals surface area contributed by atoms with E-state index in [1.165, 1.54) is 12.1 Å². The normalized spacial score (nSPS) is 15.7. The van der Waals surface area contributed by atoms with E-state index in [4.69, 9.17) is 13.0 Å². The molecule has 3 aromatic carbocycles. The van der Waals surface area contributed by atoms with Crippen molar-refractivity contribution in [1.82, 2.24) is 0 Å². The van der Waals surface area contributed by atoms with Crippen molar-refractivity contribution in [1.29, 1.82) is 0 Å². The van der Waals surface area contributed by atoms with E-state index in [1.54, 1.807) is 60.7 Å². The zero-order valence-corrected chi connectivity index (χ0v) is 18.3. The predicted molar refractivity (Wildman–Crippen MR) is 121 cm³/mol. The van der Waals surface area contributed by atoms with Crippen LogP contribution in [0.2, 0.25) is 0 Å². The highest BCUT2D eigenvalue weighted by Crippen LogP contribution is 2.26. The number of aryl methyl sites for hydroxylation is 1. The summed E-state index contributed by atoms with van der Waals surface area (Å²) in [7, 11) is -4.27. The van der Waals surface area contributed by atoms with Crippen LogP contribution in [0.4, 0.5) is 0 Å². The lowest BCUT2D eigenvalue weighted by Crippen LogP contribution is -2.67. The van der Waals surface area contributed by atoms with Gasteiger partial charge in [0.05, 0.1) is 4.90 Å². The molecular weight excluding hydrogens is 426 g/mol. The van der Waals surface area contributed by atoms with Gasteiger partial charge in [-0.15, -0.1) is 0 Å². The monoisotopic (exact) mass is 461 g/mol. The van der Waals surface area contributed by atoms with E-state index in [0.717, 1.165) is 5.56 Å². The number of carbonyl (C=O) groups is 1. The molecule has 0 saturated carbocycles. The first-order valence-corrected chi connectivity index (χ1v) is 11.1. The van der Waals surface area contributed by atoms with E-state index in [0.29, 0.717) is 11.1 Å². The molecular formula is C25H29NO5S. The number of quaternary nitrogens is 1. The minimum atomic E-state index is -4.27. The largest absolute Gasteiger partial charge is 0.744 e. The van der Waals surface area contributed by atoms with Crippen LogP contribution >= 0.6 is 0 Å². The number of hydrogen-bond donors (Lipinski definition) is 1. The van der Waals surface area contributed by atoms with Gasteiger partial charge in [-0.1, -0.05) is 92.1 Å². The lowest BCUT2D eigenvalue weighted by molar-refractivity contribution is -0.419. The van der Waals surface area contributed by atoms with E-state index in [9.17, 15) is 17.8 Å². The average Bonchev–Trinajstić information content (AvgIpc) is 2.82. The van der Waals surface area contributed by atoms with Gasteiger partial charge in [-0.2, -0.15) is 0 Å². The Morgan fingerprint density at radius 1 is 0.906 bits per heavy atom. The van der Waals surface area contributed by atoms with E-state index in [-0.39, 0.29) is 4.90 Å². The summed E-state index contributed by atoms with van der Waals surface area (Å²) in [6.45, 7) is -3.92. The summed E-state index contributed by atoms with van der Waals surface area (Å²) in [6.07, 6.45) is -0.794. The standard InChI is InChI=1S/C18H21NO2.C7H8O3S/c1-13(2)16(19)18(20)21-17(14-9-5-3-6-10-14)15-11-7-4-8-12-15;1-6-2-4-7(5-3-6)11(8,9)10/h3-13,16-17H,19H2,1-2H3;2-5H,1H3,(H,8,9,10)/i1D3,2D3;. The first-order valence-electron chi connectivity index (χ1n) is 12.7. The Morgan fingerprint density at radius 2 is 1.38 bits per heavy atom. The predicted octanol–water partition coefficient (Wildman–Crippen LogP) is 3.48. The first kappa shape index (κ1) is 17.5. The molecule has 3 rings (SSSR count). The van der Waals surface area contributed by atoms with Gasteiger partial charge in [-0.25, -0.2) is 13.2 Å². The molecule has 0 heterocycles. The molecule has 0 saturated heterocycles. The second-order valence-electron chi connectivity index (χ2n) is 6.99. The van der Waals surface area contributed by atoms with Crippen LogP contribution < -0.4 is 5.73 Å². The summed E-state index contributed by atoms with van der Waals surface area (Å²) in [6, 6.07) is 22.1. The minimum Gasteiger partial charge on any atom is -0.744 e. The van der Waals surface area contributed by atoms with Crippen LogP contribution in [0.5, 0.6) is 0 Å². The third kappa shape index (κ3) is 7.60. The Kier molecular flexibility index (Phi) is 6.34. The van der Waals surface area contributed by atoms with Crippen LogP contribution in [-0.2, 0) is 19.6 Å². The molecule has 0 aliphatic carbocycles. The molecule has 3 aromatic rings. The summed E-state index contributed by atoms with van der Waals surface area (Å²) in [5.41, 5.74) is 5.81. The van der Waals surface area contributed by atoms with Gasteiger partial charge in [0.15, 0.2) is 12.1 Å². The second-order valence-corrected chi connectivity index (χ2v) is 8.37. The van der Waals surface area contributed by atoms with Crippen LogP contribution in [0.1, 0.15) is 44.7 Å². The van der Waals surface area contributed by atoms with Crippen molar-refractivity contribution >= 4 is 16.1 Å². The van der Waals surface area contributed by atoms with Gasteiger partial charge < -0.3 is 15.0 Å². The van der Waals surface area contributed by atoms with E-state index >= 15 is 0 Å². The summed E-state index contributed by atoms with van der Waals surface area (Å²) < 4.78 is 81.7. The SMILES string of the molecule is Cc1ccc(S(=O)(=O)[O-])cc1.[2H]C([2H])([2H])C(C([NH3+])C(=O)OC(c1ccccc1)c1ccccc1)C([2H])([2H])[2H]. The molecule has 0 aliphatic rings. The maximum Gasteiger partial charge on any atom is 0.365 e. The van der Waals surface area contributed by atoms with Crippen LogP contribution in [0.25, 0.3) is 0 Å². The third-order valence-corrected chi connectivity index (χ3v) is 5.30. The number of benzene rings is 3. The van der Waals surface area contributed by atoms with Gasteiger partial charge in [0, 0.05) is 14.1 Å². The molecule has 3 N–H and O–H groups in total. The summed E-state index contributed by atoms with van der Waals surface area (Å²) >= 11 is 0. The molecule has 32 heavy (non-hydrogen) atoms. The highest BCUT2D eigenvalue weighted by atomic mass is 32.2. The highest BCUT2D eigenvalue weighted by molar-refractivity contribution is 7.85. The van der Waals surface area contributed by atoms with Gasteiger partial charge >= 0.3 is 5.97 Å². The average molecular weight is 462 g/mol. The molecule has 0 spiro atoms. The van der Waals surface area contributed by atoms with Crippen LogP contribution in [0.3, 0.4) is 0 Å².